The van der Waals surface area contributed by atoms with E-state index in [-0.39, 0.29) is 11.5 Å². The summed E-state index contributed by atoms with van der Waals surface area (Å²) in [6.45, 7) is 0. The fourth-order valence-electron chi connectivity index (χ4n) is 2.55. The molecule has 0 fully saturated rings. The predicted molar refractivity (Wildman–Crippen MR) is 98.4 cm³/mol. The fourth-order valence-corrected chi connectivity index (χ4v) is 2.55. The molecule has 0 unspecified atom stereocenters. The molecule has 7 heteroatoms. The van der Waals surface area contributed by atoms with Crippen LogP contribution >= 0.6 is 0 Å². The average Bonchev–Trinajstić information content (AvgIpc) is 3.19. The first-order valence-corrected chi connectivity index (χ1v) is 7.72. The van der Waals surface area contributed by atoms with Crippen molar-refractivity contribution in [1.82, 2.24) is 10.4 Å². The van der Waals surface area contributed by atoms with Crippen molar-refractivity contribution in [2.45, 2.75) is 0 Å². The van der Waals surface area contributed by atoms with E-state index < -0.39 is 5.97 Å². The highest BCUT2D eigenvalue weighted by Crippen LogP contribution is 2.33. The van der Waals surface area contributed by atoms with Gasteiger partial charge in [0.05, 0.1) is 23.0 Å². The van der Waals surface area contributed by atoms with Crippen molar-refractivity contribution >= 4 is 29.1 Å². The average molecular weight is 348 g/mol. The van der Waals surface area contributed by atoms with E-state index in [1.807, 2.05) is 6.07 Å². The van der Waals surface area contributed by atoms with Crippen LogP contribution in [0.2, 0.25) is 0 Å². The number of rotatable bonds is 6. The van der Waals surface area contributed by atoms with Gasteiger partial charge in [0, 0.05) is 0 Å². The third-order valence-corrected chi connectivity index (χ3v) is 3.60. The van der Waals surface area contributed by atoms with Gasteiger partial charge in [0.25, 0.3) is 0 Å². The van der Waals surface area contributed by atoms with Crippen LogP contribution in [0.1, 0.15) is 17.0 Å². The third kappa shape index (κ3) is 3.68. The zero-order valence-electron chi connectivity index (χ0n) is 13.7. The molecular weight excluding hydrogens is 332 g/mol. The molecule has 7 nitrogen and oxygen atoms in total. The largest absolute Gasteiger partial charge is 0.478 e. The van der Waals surface area contributed by atoms with Crippen molar-refractivity contribution in [2.75, 3.05) is 0 Å². The highest BCUT2D eigenvalue weighted by Gasteiger charge is 2.22. The van der Waals surface area contributed by atoms with E-state index in [1.165, 1.54) is 18.8 Å². The molecule has 4 N–H and O–H groups in total. The van der Waals surface area contributed by atoms with Crippen LogP contribution in [0.25, 0.3) is 11.1 Å². The van der Waals surface area contributed by atoms with E-state index >= 15 is 0 Å². The monoisotopic (exact) mass is 348 g/mol. The maximum atomic E-state index is 12.1. The molecule has 130 valence electrons. The van der Waals surface area contributed by atoms with Gasteiger partial charge in [0.15, 0.2) is 0 Å². The number of nitrogens with two attached hydrogens (primary N) is 1. The van der Waals surface area contributed by atoms with Gasteiger partial charge in [0.1, 0.15) is 12.6 Å². The first-order valence-electron chi connectivity index (χ1n) is 7.72. The van der Waals surface area contributed by atoms with Crippen molar-refractivity contribution in [2.24, 2.45) is 10.8 Å². The number of nitrogens with zero attached hydrogens (tertiary/aromatic N) is 2. The van der Waals surface area contributed by atoms with Gasteiger partial charge in [-0.2, -0.15) is 0 Å². The van der Waals surface area contributed by atoms with E-state index in [1.54, 1.807) is 48.5 Å². The summed E-state index contributed by atoms with van der Waals surface area (Å²) in [5.74, 6) is 4.33. The minimum Gasteiger partial charge on any atom is -0.478 e. The standard InChI is InChI=1S/C19H16N4O3/c20-23-12-22-15-8-4-7-14(11-15)16(18-21-9-10-26-18)17(19(24)25)13-5-2-1-3-6-13/h1-12H,20H2,(H,22,23)(H,24,25). The molecule has 0 aliphatic rings. The highest BCUT2D eigenvalue weighted by molar-refractivity contribution is 6.25. The lowest BCUT2D eigenvalue weighted by molar-refractivity contribution is -0.130. The molecule has 0 radical (unpaired) electrons. The van der Waals surface area contributed by atoms with E-state index in [0.29, 0.717) is 22.4 Å². The molecule has 3 aromatic rings. The van der Waals surface area contributed by atoms with Crippen LogP contribution in [-0.4, -0.2) is 22.4 Å². The molecule has 0 aliphatic carbocycles. The summed E-state index contributed by atoms with van der Waals surface area (Å²) < 4.78 is 5.42. The summed E-state index contributed by atoms with van der Waals surface area (Å²) in [6.07, 6.45) is 4.21. The number of benzene rings is 2. The Morgan fingerprint density at radius 2 is 1.92 bits per heavy atom. The van der Waals surface area contributed by atoms with Gasteiger partial charge in [-0.3, -0.25) is 0 Å². The summed E-state index contributed by atoms with van der Waals surface area (Å²) in [6, 6.07) is 15.9. The van der Waals surface area contributed by atoms with Crippen molar-refractivity contribution in [3.05, 3.63) is 84.1 Å². The topological polar surface area (TPSA) is 114 Å². The van der Waals surface area contributed by atoms with Crippen molar-refractivity contribution in [3.63, 3.8) is 0 Å². The second kappa shape index (κ2) is 7.91. The van der Waals surface area contributed by atoms with Crippen molar-refractivity contribution in [1.29, 1.82) is 0 Å². The second-order valence-corrected chi connectivity index (χ2v) is 5.23. The summed E-state index contributed by atoms with van der Waals surface area (Å²) in [5.41, 5.74) is 4.54. The molecule has 0 saturated carbocycles. The molecule has 2 aromatic carbocycles. The number of carboxylic acid groups (broad SMARTS) is 1. The van der Waals surface area contributed by atoms with Crippen molar-refractivity contribution < 1.29 is 14.3 Å². The molecular formula is C19H16N4O3. The number of hydrogen-bond acceptors (Lipinski definition) is 5. The maximum absolute atomic E-state index is 12.1. The van der Waals surface area contributed by atoms with Gasteiger partial charge in [-0.05, 0) is 23.3 Å². The molecule has 26 heavy (non-hydrogen) atoms. The number of carboxylic acids is 1. The minimum atomic E-state index is -1.08. The maximum Gasteiger partial charge on any atom is 0.337 e. The van der Waals surface area contributed by atoms with Gasteiger partial charge < -0.3 is 14.9 Å². The van der Waals surface area contributed by atoms with Gasteiger partial charge in [-0.25, -0.2) is 20.6 Å². The van der Waals surface area contributed by atoms with Crippen LogP contribution in [0, 0.1) is 0 Å². The molecule has 3 rings (SSSR count). The zero-order valence-corrected chi connectivity index (χ0v) is 13.7. The number of aliphatic imine (C=N–C) groups is 1. The summed E-state index contributed by atoms with van der Waals surface area (Å²) >= 11 is 0. The summed E-state index contributed by atoms with van der Waals surface area (Å²) in [5, 5.41) is 9.88. The first-order chi connectivity index (χ1) is 12.7. The lowest BCUT2D eigenvalue weighted by Gasteiger charge is -2.11. The van der Waals surface area contributed by atoms with Crippen LogP contribution in [0.4, 0.5) is 5.69 Å². The number of hydrazine groups is 1. The lowest BCUT2D eigenvalue weighted by atomic mass is 9.94. The van der Waals surface area contributed by atoms with Gasteiger partial charge in [-0.1, -0.05) is 42.5 Å². The normalized spacial score (nSPS) is 12.0. The molecule has 0 bridgehead atoms. The second-order valence-electron chi connectivity index (χ2n) is 5.23. The van der Waals surface area contributed by atoms with Crippen LogP contribution in [-0.2, 0) is 4.79 Å². The third-order valence-electron chi connectivity index (χ3n) is 3.60. The summed E-state index contributed by atoms with van der Waals surface area (Å²) in [4.78, 5) is 20.4. The van der Waals surface area contributed by atoms with Gasteiger partial charge in [0.2, 0.25) is 5.89 Å². The number of nitrogens with one attached hydrogen (secondary N) is 1. The molecule has 0 amide bonds. The Hall–Kier alpha value is -3.71. The van der Waals surface area contributed by atoms with Crippen LogP contribution in [0.3, 0.4) is 0 Å². The smallest absolute Gasteiger partial charge is 0.337 e. The Morgan fingerprint density at radius 1 is 1.15 bits per heavy atom. The number of oxazole rings is 1. The number of carbonyl (C=O) groups is 1. The quantitative estimate of drug-likeness (QED) is 0.158. The van der Waals surface area contributed by atoms with E-state index in [9.17, 15) is 9.90 Å². The number of aromatic nitrogens is 1. The molecule has 0 atom stereocenters. The highest BCUT2D eigenvalue weighted by atomic mass is 16.4. The van der Waals surface area contributed by atoms with Crippen molar-refractivity contribution in [3.8, 4) is 0 Å². The Kier molecular flexibility index (Phi) is 5.21. The Bertz CT molecular complexity index is 948. The lowest BCUT2D eigenvalue weighted by Crippen LogP contribution is -2.18. The zero-order chi connectivity index (χ0) is 18.4. The molecule has 1 aromatic heterocycles. The van der Waals surface area contributed by atoms with Crippen LogP contribution in [0.15, 0.2) is 76.5 Å². The predicted octanol–water partition coefficient (Wildman–Crippen LogP) is 2.84. The van der Waals surface area contributed by atoms with Gasteiger partial charge in [-0.15, -0.1) is 0 Å². The Balaban J connectivity index is 2.27. The Labute approximate surface area is 149 Å². The van der Waals surface area contributed by atoms with E-state index in [0.717, 1.165) is 0 Å². The van der Waals surface area contributed by atoms with Crippen LogP contribution in [0.5, 0.6) is 0 Å². The fraction of sp³-hybridized carbons (Fsp3) is 0. The molecule has 1 heterocycles. The first kappa shape index (κ1) is 17.1. The Morgan fingerprint density at radius 3 is 2.58 bits per heavy atom. The molecule has 0 spiro atoms. The molecule has 0 aliphatic heterocycles. The number of hydrogen-bond donors (Lipinski definition) is 3. The van der Waals surface area contributed by atoms with Gasteiger partial charge >= 0.3 is 5.97 Å². The SMILES string of the molecule is NNC=Nc1cccc(C(=C(C(=O)O)c2ccccc2)c2ncco2)c1. The van der Waals surface area contributed by atoms with E-state index in [2.05, 4.69) is 15.4 Å². The minimum absolute atomic E-state index is 0.0890. The summed E-state index contributed by atoms with van der Waals surface area (Å²) in [7, 11) is 0. The van der Waals surface area contributed by atoms with Crippen LogP contribution < -0.4 is 11.3 Å². The van der Waals surface area contributed by atoms with E-state index in [4.69, 9.17) is 10.3 Å². The number of aliphatic carboxylic acids is 1. The molecule has 0 saturated heterocycles.